The minimum atomic E-state index is -0.766. The predicted octanol–water partition coefficient (Wildman–Crippen LogP) is 0.448. The number of aromatic nitrogens is 1. The lowest BCUT2D eigenvalue weighted by molar-refractivity contribution is -0.143. The molecule has 1 aliphatic heterocycles. The molecule has 24 heavy (non-hydrogen) atoms. The van der Waals surface area contributed by atoms with Crippen molar-refractivity contribution in [3.63, 3.8) is 0 Å². The SMILES string of the molecule is CC(C)C1(CC(=O)NCc2ccncc2)CCN(CC(N)=O)C1=O. The zero-order valence-electron chi connectivity index (χ0n) is 14.1. The summed E-state index contributed by atoms with van der Waals surface area (Å²) in [5, 5.41) is 2.85. The van der Waals surface area contributed by atoms with Crippen molar-refractivity contribution in [3.05, 3.63) is 30.1 Å². The molecule has 0 aromatic carbocycles. The normalized spacial score (nSPS) is 20.5. The number of carbonyl (C=O) groups excluding carboxylic acids is 3. The average Bonchev–Trinajstić information content (AvgIpc) is 2.84. The van der Waals surface area contributed by atoms with Crippen LogP contribution >= 0.6 is 0 Å². The molecule has 1 aromatic rings. The summed E-state index contributed by atoms with van der Waals surface area (Å²) in [6.45, 7) is 4.63. The first-order valence-corrected chi connectivity index (χ1v) is 8.08. The van der Waals surface area contributed by atoms with Gasteiger partial charge in [0.15, 0.2) is 0 Å². The number of nitrogens with two attached hydrogens (primary N) is 1. The van der Waals surface area contributed by atoms with Gasteiger partial charge in [0.25, 0.3) is 0 Å². The molecule has 0 saturated carbocycles. The molecule has 130 valence electrons. The van der Waals surface area contributed by atoms with Gasteiger partial charge in [-0.05, 0) is 30.0 Å². The Labute approximate surface area is 141 Å². The minimum absolute atomic E-state index is 0.00504. The van der Waals surface area contributed by atoms with Crippen LogP contribution in [-0.2, 0) is 20.9 Å². The lowest BCUT2D eigenvalue weighted by Gasteiger charge is -2.31. The van der Waals surface area contributed by atoms with E-state index in [0.29, 0.717) is 19.5 Å². The number of pyridine rings is 1. The molecule has 2 rings (SSSR count). The molecule has 2 heterocycles. The second kappa shape index (κ2) is 7.42. The zero-order valence-corrected chi connectivity index (χ0v) is 14.1. The summed E-state index contributed by atoms with van der Waals surface area (Å²) in [4.78, 5) is 41.6. The Kier molecular flexibility index (Phi) is 5.54. The Hall–Kier alpha value is -2.44. The van der Waals surface area contributed by atoms with Crippen LogP contribution < -0.4 is 11.1 Å². The molecule has 1 saturated heterocycles. The molecule has 0 aliphatic carbocycles. The summed E-state index contributed by atoms with van der Waals surface area (Å²) in [7, 11) is 0. The van der Waals surface area contributed by atoms with Gasteiger partial charge in [0.1, 0.15) is 0 Å². The van der Waals surface area contributed by atoms with Crippen molar-refractivity contribution in [2.24, 2.45) is 17.1 Å². The van der Waals surface area contributed by atoms with Crippen LogP contribution in [0.5, 0.6) is 0 Å². The fraction of sp³-hybridized carbons (Fsp3) is 0.529. The molecule has 1 aromatic heterocycles. The monoisotopic (exact) mass is 332 g/mol. The summed E-state index contributed by atoms with van der Waals surface area (Å²) < 4.78 is 0. The van der Waals surface area contributed by atoms with Gasteiger partial charge < -0.3 is 16.0 Å². The smallest absolute Gasteiger partial charge is 0.237 e. The van der Waals surface area contributed by atoms with Gasteiger partial charge in [-0.15, -0.1) is 0 Å². The van der Waals surface area contributed by atoms with Crippen molar-refractivity contribution in [1.82, 2.24) is 15.2 Å². The van der Waals surface area contributed by atoms with Crippen molar-refractivity contribution >= 4 is 17.7 Å². The van der Waals surface area contributed by atoms with Gasteiger partial charge in [0, 0.05) is 31.9 Å². The highest BCUT2D eigenvalue weighted by molar-refractivity contribution is 5.93. The number of nitrogens with zero attached hydrogens (tertiary/aromatic N) is 2. The third-order valence-corrected chi connectivity index (χ3v) is 4.71. The Balaban J connectivity index is 2.02. The topological polar surface area (TPSA) is 105 Å². The molecule has 1 unspecified atom stereocenters. The van der Waals surface area contributed by atoms with Crippen molar-refractivity contribution < 1.29 is 14.4 Å². The van der Waals surface area contributed by atoms with Crippen LogP contribution in [-0.4, -0.2) is 40.7 Å². The van der Waals surface area contributed by atoms with Gasteiger partial charge in [0.2, 0.25) is 17.7 Å². The van der Waals surface area contributed by atoms with Crippen LogP contribution in [0.1, 0.15) is 32.3 Å². The number of rotatable bonds is 7. The van der Waals surface area contributed by atoms with Crippen LogP contribution in [0, 0.1) is 11.3 Å². The first-order chi connectivity index (χ1) is 11.3. The predicted molar refractivity (Wildman–Crippen MR) is 88.4 cm³/mol. The van der Waals surface area contributed by atoms with Gasteiger partial charge in [-0.25, -0.2) is 0 Å². The molecule has 7 nitrogen and oxygen atoms in total. The van der Waals surface area contributed by atoms with E-state index < -0.39 is 11.3 Å². The first kappa shape index (κ1) is 17.9. The van der Waals surface area contributed by atoms with Gasteiger partial charge in [-0.2, -0.15) is 0 Å². The van der Waals surface area contributed by atoms with E-state index in [1.165, 1.54) is 4.90 Å². The molecule has 7 heteroatoms. The Morgan fingerprint density at radius 1 is 1.38 bits per heavy atom. The van der Waals surface area contributed by atoms with E-state index in [2.05, 4.69) is 10.3 Å². The molecule has 0 bridgehead atoms. The van der Waals surface area contributed by atoms with E-state index >= 15 is 0 Å². The highest BCUT2D eigenvalue weighted by atomic mass is 16.2. The third kappa shape index (κ3) is 3.90. The summed E-state index contributed by atoms with van der Waals surface area (Å²) >= 11 is 0. The molecule has 3 amide bonds. The van der Waals surface area contributed by atoms with Crippen LogP contribution in [0.3, 0.4) is 0 Å². The molecule has 1 atom stereocenters. The van der Waals surface area contributed by atoms with Gasteiger partial charge >= 0.3 is 0 Å². The average molecular weight is 332 g/mol. The van der Waals surface area contributed by atoms with E-state index in [1.807, 2.05) is 26.0 Å². The Morgan fingerprint density at radius 3 is 2.62 bits per heavy atom. The fourth-order valence-electron chi connectivity index (χ4n) is 3.15. The standard InChI is InChI=1S/C17H24N4O3/c1-12(2)17(5-8-21(16(17)24)11-14(18)22)9-15(23)20-10-13-3-6-19-7-4-13/h3-4,6-7,12H,5,8-11H2,1-2H3,(H2,18,22)(H,20,23). The molecule has 1 aliphatic rings. The molecule has 0 spiro atoms. The van der Waals surface area contributed by atoms with Crippen molar-refractivity contribution in [1.29, 1.82) is 0 Å². The van der Waals surface area contributed by atoms with Crippen LogP contribution in [0.4, 0.5) is 0 Å². The number of likely N-dealkylation sites (tertiary alicyclic amines) is 1. The zero-order chi connectivity index (χ0) is 17.7. The number of primary amides is 1. The molecule has 3 N–H and O–H groups in total. The summed E-state index contributed by atoms with van der Waals surface area (Å²) in [6, 6.07) is 3.65. The Morgan fingerprint density at radius 2 is 2.04 bits per heavy atom. The lowest BCUT2D eigenvalue weighted by Crippen LogP contribution is -2.44. The first-order valence-electron chi connectivity index (χ1n) is 8.08. The van der Waals surface area contributed by atoms with Gasteiger partial charge in [-0.1, -0.05) is 13.8 Å². The highest BCUT2D eigenvalue weighted by Gasteiger charge is 2.50. The summed E-state index contributed by atoms with van der Waals surface area (Å²) in [6.07, 6.45) is 4.00. The van der Waals surface area contributed by atoms with E-state index in [-0.39, 0.29) is 30.7 Å². The van der Waals surface area contributed by atoms with E-state index in [4.69, 9.17) is 5.73 Å². The van der Waals surface area contributed by atoms with E-state index in [1.54, 1.807) is 12.4 Å². The van der Waals surface area contributed by atoms with Crippen molar-refractivity contribution in [2.45, 2.75) is 33.2 Å². The highest BCUT2D eigenvalue weighted by Crippen LogP contribution is 2.42. The largest absolute Gasteiger partial charge is 0.368 e. The maximum atomic E-state index is 12.7. The van der Waals surface area contributed by atoms with Crippen LogP contribution in [0.2, 0.25) is 0 Å². The van der Waals surface area contributed by atoms with Gasteiger partial charge in [0.05, 0.1) is 12.0 Å². The lowest BCUT2D eigenvalue weighted by atomic mass is 9.73. The minimum Gasteiger partial charge on any atom is -0.368 e. The quantitative estimate of drug-likeness (QED) is 0.756. The fourth-order valence-corrected chi connectivity index (χ4v) is 3.15. The van der Waals surface area contributed by atoms with Crippen LogP contribution in [0.25, 0.3) is 0 Å². The second-order valence-electron chi connectivity index (χ2n) is 6.56. The van der Waals surface area contributed by atoms with E-state index in [0.717, 1.165) is 5.56 Å². The van der Waals surface area contributed by atoms with Gasteiger partial charge in [-0.3, -0.25) is 19.4 Å². The summed E-state index contributed by atoms with van der Waals surface area (Å²) in [5.41, 5.74) is 5.38. The Bertz CT molecular complexity index is 618. The second-order valence-corrected chi connectivity index (χ2v) is 6.56. The molecule has 1 fully saturated rings. The number of amides is 3. The van der Waals surface area contributed by atoms with Crippen LogP contribution in [0.15, 0.2) is 24.5 Å². The van der Waals surface area contributed by atoms with Crippen molar-refractivity contribution in [2.75, 3.05) is 13.1 Å². The third-order valence-electron chi connectivity index (χ3n) is 4.71. The molecule has 0 radical (unpaired) electrons. The number of hydrogen-bond donors (Lipinski definition) is 2. The summed E-state index contributed by atoms with van der Waals surface area (Å²) in [5.74, 6) is -0.871. The van der Waals surface area contributed by atoms with E-state index in [9.17, 15) is 14.4 Å². The molecular weight excluding hydrogens is 308 g/mol. The number of nitrogens with one attached hydrogen (secondary N) is 1. The number of hydrogen-bond acceptors (Lipinski definition) is 4. The molecular formula is C17H24N4O3. The maximum absolute atomic E-state index is 12.7. The van der Waals surface area contributed by atoms with Crippen molar-refractivity contribution in [3.8, 4) is 0 Å². The number of carbonyl (C=O) groups is 3. The maximum Gasteiger partial charge on any atom is 0.237 e.